The van der Waals surface area contributed by atoms with E-state index < -0.39 is 18.2 Å². The average molecular weight is 329 g/mol. The molecule has 0 radical (unpaired) electrons. The zero-order chi connectivity index (χ0) is 17.7. The zero-order valence-corrected chi connectivity index (χ0v) is 13.2. The van der Waals surface area contributed by atoms with Crippen LogP contribution in [-0.4, -0.2) is 34.7 Å². The fourth-order valence-electron chi connectivity index (χ4n) is 2.24. The summed E-state index contributed by atoms with van der Waals surface area (Å²) in [5, 5.41) is 20.0. The largest absolute Gasteiger partial charge is 0.464 e. The number of anilines is 1. The molecule has 24 heavy (non-hydrogen) atoms. The van der Waals surface area contributed by atoms with Crippen LogP contribution >= 0.6 is 0 Å². The maximum absolute atomic E-state index is 12.5. The third kappa shape index (κ3) is 3.79. The summed E-state index contributed by atoms with van der Waals surface area (Å²) in [6.45, 7) is 1.68. The summed E-state index contributed by atoms with van der Waals surface area (Å²) in [6.07, 6.45) is -3.26. The van der Waals surface area contributed by atoms with Crippen molar-refractivity contribution >= 4 is 17.4 Å². The van der Waals surface area contributed by atoms with E-state index in [4.69, 9.17) is 5.73 Å². The minimum atomic E-state index is -1.74. The standard InChI is InChI=1S/C18H19NO5/c1-2-24-18(23)17(22)16(21)12-8-9-14(19)13(10-12)15(20)11-6-4-3-5-7-11/h3-10,16-17,21-22H,2,19H2,1H3. The van der Waals surface area contributed by atoms with E-state index in [0.29, 0.717) is 5.56 Å². The van der Waals surface area contributed by atoms with Gasteiger partial charge in [-0.3, -0.25) is 4.79 Å². The van der Waals surface area contributed by atoms with E-state index in [-0.39, 0.29) is 29.2 Å². The first-order chi connectivity index (χ1) is 11.5. The maximum Gasteiger partial charge on any atom is 0.338 e. The summed E-state index contributed by atoms with van der Waals surface area (Å²) < 4.78 is 4.68. The fourth-order valence-corrected chi connectivity index (χ4v) is 2.24. The number of carbonyl (C=O) groups excluding carboxylic acids is 2. The third-order valence-electron chi connectivity index (χ3n) is 3.53. The highest BCUT2D eigenvalue weighted by Gasteiger charge is 2.28. The Labute approximate surface area is 139 Å². The molecule has 0 amide bonds. The molecule has 2 atom stereocenters. The van der Waals surface area contributed by atoms with Gasteiger partial charge in [0.25, 0.3) is 0 Å². The molecule has 0 aromatic heterocycles. The van der Waals surface area contributed by atoms with Crippen molar-refractivity contribution in [3.05, 3.63) is 65.2 Å². The summed E-state index contributed by atoms with van der Waals surface area (Å²) in [4.78, 5) is 24.1. The molecule has 0 saturated carbocycles. The number of hydrogen-bond donors (Lipinski definition) is 3. The number of nitrogens with two attached hydrogens (primary N) is 1. The van der Waals surface area contributed by atoms with Gasteiger partial charge in [0.1, 0.15) is 6.10 Å². The third-order valence-corrected chi connectivity index (χ3v) is 3.53. The quantitative estimate of drug-likeness (QED) is 0.420. The average Bonchev–Trinajstić information content (AvgIpc) is 2.61. The Bertz CT molecular complexity index is 729. The van der Waals surface area contributed by atoms with Crippen LogP contribution in [0.25, 0.3) is 0 Å². The SMILES string of the molecule is CCOC(=O)C(O)C(O)c1ccc(N)c(C(=O)c2ccccc2)c1. The summed E-state index contributed by atoms with van der Waals surface area (Å²) in [7, 11) is 0. The first-order valence-electron chi connectivity index (χ1n) is 7.47. The van der Waals surface area contributed by atoms with E-state index in [1.807, 2.05) is 0 Å². The lowest BCUT2D eigenvalue weighted by atomic mass is 9.96. The van der Waals surface area contributed by atoms with Gasteiger partial charge in [-0.2, -0.15) is 0 Å². The molecule has 0 saturated heterocycles. The smallest absolute Gasteiger partial charge is 0.338 e. The van der Waals surface area contributed by atoms with Crippen LogP contribution in [0.2, 0.25) is 0 Å². The van der Waals surface area contributed by atoms with Gasteiger partial charge < -0.3 is 20.7 Å². The Kier molecular flexibility index (Phi) is 5.68. The van der Waals surface area contributed by atoms with Gasteiger partial charge >= 0.3 is 5.97 Å². The topological polar surface area (TPSA) is 110 Å². The van der Waals surface area contributed by atoms with Gasteiger partial charge in [-0.15, -0.1) is 0 Å². The Morgan fingerprint density at radius 3 is 2.42 bits per heavy atom. The minimum Gasteiger partial charge on any atom is -0.464 e. The number of esters is 1. The van der Waals surface area contributed by atoms with Crippen LogP contribution in [0.5, 0.6) is 0 Å². The van der Waals surface area contributed by atoms with Crippen molar-refractivity contribution in [1.29, 1.82) is 0 Å². The molecule has 6 nitrogen and oxygen atoms in total. The van der Waals surface area contributed by atoms with Gasteiger partial charge in [0.2, 0.25) is 0 Å². The second-order valence-corrected chi connectivity index (χ2v) is 5.18. The molecular formula is C18H19NO5. The van der Waals surface area contributed by atoms with Gasteiger partial charge in [0.15, 0.2) is 11.9 Å². The lowest BCUT2D eigenvalue weighted by molar-refractivity contribution is -0.159. The molecule has 126 valence electrons. The second-order valence-electron chi connectivity index (χ2n) is 5.18. The summed E-state index contributed by atoms with van der Waals surface area (Å²) >= 11 is 0. The number of benzene rings is 2. The number of carbonyl (C=O) groups is 2. The molecule has 2 aromatic rings. The molecule has 0 heterocycles. The molecular weight excluding hydrogens is 310 g/mol. The lowest BCUT2D eigenvalue weighted by Crippen LogP contribution is -2.30. The van der Waals surface area contributed by atoms with Crippen molar-refractivity contribution in [3.63, 3.8) is 0 Å². The van der Waals surface area contributed by atoms with Crippen LogP contribution in [-0.2, 0) is 9.53 Å². The van der Waals surface area contributed by atoms with Gasteiger partial charge in [-0.1, -0.05) is 36.4 Å². The van der Waals surface area contributed by atoms with E-state index in [1.54, 1.807) is 37.3 Å². The van der Waals surface area contributed by atoms with Crippen LogP contribution in [0.1, 0.15) is 34.5 Å². The van der Waals surface area contributed by atoms with Crippen LogP contribution in [0.4, 0.5) is 5.69 Å². The molecule has 0 aliphatic heterocycles. The van der Waals surface area contributed by atoms with Gasteiger partial charge in [-0.25, -0.2) is 4.79 Å². The molecule has 2 aromatic carbocycles. The van der Waals surface area contributed by atoms with Crippen molar-refractivity contribution in [2.75, 3.05) is 12.3 Å². The molecule has 0 aliphatic carbocycles. The number of ketones is 1. The Balaban J connectivity index is 2.31. The first kappa shape index (κ1) is 17.7. The second kappa shape index (κ2) is 7.72. The first-order valence-corrected chi connectivity index (χ1v) is 7.47. The zero-order valence-electron chi connectivity index (χ0n) is 13.2. The van der Waals surface area contributed by atoms with E-state index in [2.05, 4.69) is 4.74 Å². The van der Waals surface area contributed by atoms with Crippen molar-refractivity contribution in [2.45, 2.75) is 19.1 Å². The van der Waals surface area contributed by atoms with E-state index in [9.17, 15) is 19.8 Å². The van der Waals surface area contributed by atoms with E-state index in [1.165, 1.54) is 18.2 Å². The van der Waals surface area contributed by atoms with Gasteiger partial charge in [-0.05, 0) is 24.6 Å². The monoisotopic (exact) mass is 329 g/mol. The predicted molar refractivity (Wildman–Crippen MR) is 88.3 cm³/mol. The van der Waals surface area contributed by atoms with Crippen LogP contribution < -0.4 is 5.73 Å². The van der Waals surface area contributed by atoms with Crippen molar-refractivity contribution in [3.8, 4) is 0 Å². The predicted octanol–water partition coefficient (Wildman–Crippen LogP) is 1.46. The number of rotatable bonds is 6. The normalized spacial score (nSPS) is 13.1. The molecule has 0 spiro atoms. The number of nitrogen functional groups attached to an aromatic ring is 1. The highest BCUT2D eigenvalue weighted by atomic mass is 16.5. The lowest BCUT2D eigenvalue weighted by Gasteiger charge is -2.18. The molecule has 2 unspecified atom stereocenters. The molecule has 0 aliphatic rings. The van der Waals surface area contributed by atoms with Gasteiger partial charge in [0, 0.05) is 16.8 Å². The maximum atomic E-state index is 12.5. The summed E-state index contributed by atoms with van der Waals surface area (Å²) in [5.74, 6) is -1.24. The highest BCUT2D eigenvalue weighted by Crippen LogP contribution is 2.24. The number of aliphatic hydroxyl groups excluding tert-OH is 2. The summed E-state index contributed by atoms with van der Waals surface area (Å²) in [5.41, 5.74) is 6.93. The fraction of sp³-hybridized carbons (Fsp3) is 0.222. The van der Waals surface area contributed by atoms with E-state index >= 15 is 0 Å². The molecule has 2 rings (SSSR count). The molecule has 6 heteroatoms. The molecule has 0 bridgehead atoms. The van der Waals surface area contributed by atoms with E-state index in [0.717, 1.165) is 0 Å². The summed E-state index contributed by atoms with van der Waals surface area (Å²) in [6, 6.07) is 12.8. The molecule has 0 fully saturated rings. The Morgan fingerprint density at radius 2 is 1.79 bits per heavy atom. The van der Waals surface area contributed by atoms with Crippen LogP contribution in [0.15, 0.2) is 48.5 Å². The number of ether oxygens (including phenoxy) is 1. The van der Waals surface area contributed by atoms with Crippen molar-refractivity contribution < 1.29 is 24.5 Å². The Hall–Kier alpha value is -2.70. The molecule has 4 N–H and O–H groups in total. The van der Waals surface area contributed by atoms with Crippen LogP contribution in [0.3, 0.4) is 0 Å². The number of hydrogen-bond acceptors (Lipinski definition) is 6. The van der Waals surface area contributed by atoms with Crippen LogP contribution in [0, 0.1) is 0 Å². The van der Waals surface area contributed by atoms with Crippen molar-refractivity contribution in [2.24, 2.45) is 0 Å². The van der Waals surface area contributed by atoms with Gasteiger partial charge in [0.05, 0.1) is 6.61 Å². The number of aliphatic hydroxyl groups is 2. The van der Waals surface area contributed by atoms with Crippen molar-refractivity contribution in [1.82, 2.24) is 0 Å². The minimum absolute atomic E-state index is 0.0854. The Morgan fingerprint density at radius 1 is 1.12 bits per heavy atom. The highest BCUT2D eigenvalue weighted by molar-refractivity contribution is 6.12.